The van der Waals surface area contributed by atoms with Crippen molar-refractivity contribution in [2.45, 2.75) is 143 Å². The number of rotatable bonds is 17. The number of thioether (sulfide) groups is 2. The summed E-state index contributed by atoms with van der Waals surface area (Å²) in [5, 5.41) is 10.8. The van der Waals surface area contributed by atoms with Gasteiger partial charge in [-0.2, -0.15) is 0 Å². The fourth-order valence-corrected chi connectivity index (χ4v) is 8.59. The molecule has 0 aromatic heterocycles. The highest BCUT2D eigenvalue weighted by atomic mass is 32.2. The van der Waals surface area contributed by atoms with E-state index < -0.39 is 48.4 Å². The Morgan fingerprint density at radius 3 is 1.69 bits per heavy atom. The van der Waals surface area contributed by atoms with Gasteiger partial charge < -0.3 is 36.0 Å². The van der Waals surface area contributed by atoms with E-state index in [9.17, 15) is 19.2 Å². The molecule has 16 heteroatoms. The topological polar surface area (TPSA) is 198 Å². The molecule has 4 heterocycles. The lowest BCUT2D eigenvalue weighted by Gasteiger charge is -2.25. The van der Waals surface area contributed by atoms with Gasteiger partial charge in [0.2, 0.25) is 29.5 Å². The van der Waals surface area contributed by atoms with Crippen LogP contribution in [0.2, 0.25) is 0 Å². The highest BCUT2D eigenvalue weighted by Crippen LogP contribution is 2.28. The fourth-order valence-electron chi connectivity index (χ4n) is 6.10. The average Bonchev–Trinajstić information content (AvgIpc) is 3.93. The maximum absolute atomic E-state index is 13.8. The van der Waals surface area contributed by atoms with Gasteiger partial charge >= 0.3 is 0 Å². The Labute approximate surface area is 316 Å². The number of nitrogens with one attached hydrogen (secondary N) is 3. The molecule has 12 atom stereocenters. The number of carbonyl (C=O) groups excluding carboxylic acids is 4. The number of amides is 3. The van der Waals surface area contributed by atoms with Crippen LogP contribution >= 0.6 is 23.5 Å². The molecule has 0 aromatic carbocycles. The van der Waals surface area contributed by atoms with Gasteiger partial charge in [-0.15, -0.1) is 23.5 Å². The SMILES string of the molecule is CCC(C)[C@H](NC(=O)C1CSC([C@H](NC(=O)[C@H]2N=C([C@@H](NC(=O)C3CSC([C@@H](N)C(C)C)=N3)C(C)CC)O[C@@H]2C)C(C)C)=N1)C1=NC(C=O)[C@@H](C)O1. The van der Waals surface area contributed by atoms with E-state index >= 15 is 0 Å². The lowest BCUT2D eigenvalue weighted by atomic mass is 9.98. The first kappa shape index (κ1) is 41.8. The first-order valence-corrected chi connectivity index (χ1v) is 20.6. The van der Waals surface area contributed by atoms with E-state index in [4.69, 9.17) is 25.2 Å². The monoisotopic (exact) mass is 762 g/mol. The molecule has 4 aliphatic heterocycles. The van der Waals surface area contributed by atoms with Gasteiger partial charge in [0.25, 0.3) is 0 Å². The maximum Gasteiger partial charge on any atom is 0.249 e. The highest BCUT2D eigenvalue weighted by Gasteiger charge is 2.42. The summed E-state index contributed by atoms with van der Waals surface area (Å²) in [4.78, 5) is 70.7. The highest BCUT2D eigenvalue weighted by molar-refractivity contribution is 8.14. The largest absolute Gasteiger partial charge is 0.474 e. The fraction of sp³-hybridized carbons (Fsp3) is 0.778. The summed E-state index contributed by atoms with van der Waals surface area (Å²) in [5.74, 6) is 1.03. The third-order valence-corrected chi connectivity index (χ3v) is 12.5. The molecule has 0 saturated heterocycles. The van der Waals surface area contributed by atoms with E-state index in [1.54, 1.807) is 13.8 Å². The second kappa shape index (κ2) is 18.4. The van der Waals surface area contributed by atoms with Crippen LogP contribution in [0.4, 0.5) is 0 Å². The Morgan fingerprint density at radius 1 is 0.731 bits per heavy atom. The molecule has 4 aliphatic rings. The van der Waals surface area contributed by atoms with Crippen LogP contribution in [0.3, 0.4) is 0 Å². The van der Waals surface area contributed by atoms with Crippen molar-refractivity contribution in [1.82, 2.24) is 16.0 Å². The molecule has 0 aliphatic carbocycles. The van der Waals surface area contributed by atoms with Gasteiger partial charge in [-0.3, -0.25) is 24.4 Å². The molecule has 0 spiro atoms. The first-order chi connectivity index (χ1) is 24.6. The molecule has 290 valence electrons. The Kier molecular flexibility index (Phi) is 14.8. The van der Waals surface area contributed by atoms with Crippen molar-refractivity contribution in [1.29, 1.82) is 0 Å². The molecule has 5 N–H and O–H groups in total. The molecular formula is C36H58N8O6S2. The number of carbonyl (C=O) groups is 4. The molecule has 0 aromatic rings. The Hall–Kier alpha value is -2.98. The molecule has 0 bridgehead atoms. The summed E-state index contributed by atoms with van der Waals surface area (Å²) in [5.41, 5.74) is 6.29. The number of aldehydes is 1. The summed E-state index contributed by atoms with van der Waals surface area (Å²) in [6, 6.07) is -4.31. The average molecular weight is 763 g/mol. The van der Waals surface area contributed by atoms with Crippen LogP contribution in [0, 0.1) is 23.7 Å². The summed E-state index contributed by atoms with van der Waals surface area (Å²) in [7, 11) is 0. The second-order valence-corrected chi connectivity index (χ2v) is 17.1. The summed E-state index contributed by atoms with van der Waals surface area (Å²) < 4.78 is 12.0. The van der Waals surface area contributed by atoms with Gasteiger partial charge in [0.05, 0.1) is 22.2 Å². The van der Waals surface area contributed by atoms with E-state index in [0.29, 0.717) is 28.3 Å². The number of ether oxygens (including phenoxy) is 2. The Morgan fingerprint density at radius 2 is 1.21 bits per heavy atom. The third-order valence-electron chi connectivity index (χ3n) is 10.2. The van der Waals surface area contributed by atoms with Crippen LogP contribution in [0.1, 0.15) is 82.1 Å². The predicted octanol–water partition coefficient (Wildman–Crippen LogP) is 2.77. The van der Waals surface area contributed by atoms with E-state index in [1.165, 1.54) is 23.5 Å². The Bertz CT molecular complexity index is 1450. The van der Waals surface area contributed by atoms with E-state index in [2.05, 4.69) is 25.9 Å². The first-order valence-electron chi connectivity index (χ1n) is 18.6. The van der Waals surface area contributed by atoms with Crippen molar-refractivity contribution in [2.75, 3.05) is 11.5 Å². The Balaban J connectivity index is 1.44. The van der Waals surface area contributed by atoms with Crippen molar-refractivity contribution in [3.8, 4) is 0 Å². The summed E-state index contributed by atoms with van der Waals surface area (Å²) >= 11 is 2.96. The normalized spacial score (nSPS) is 29.1. The quantitative estimate of drug-likeness (QED) is 0.161. The zero-order valence-corrected chi connectivity index (χ0v) is 33.8. The molecule has 52 heavy (non-hydrogen) atoms. The third kappa shape index (κ3) is 9.76. The van der Waals surface area contributed by atoms with E-state index in [0.717, 1.165) is 24.2 Å². The molecule has 0 radical (unpaired) electrons. The minimum atomic E-state index is -0.831. The van der Waals surface area contributed by atoms with Gasteiger partial charge in [-0.05, 0) is 37.5 Å². The van der Waals surface area contributed by atoms with Crippen LogP contribution in [0.5, 0.6) is 0 Å². The van der Waals surface area contributed by atoms with Gasteiger partial charge in [0, 0.05) is 11.5 Å². The molecule has 5 unspecified atom stereocenters. The second-order valence-electron chi connectivity index (χ2n) is 15.0. The van der Waals surface area contributed by atoms with Crippen molar-refractivity contribution in [3.63, 3.8) is 0 Å². The number of nitrogens with two attached hydrogens (primary N) is 1. The smallest absolute Gasteiger partial charge is 0.249 e. The number of nitrogens with zero attached hydrogens (tertiary/aromatic N) is 4. The number of aliphatic imine (C=N–C) groups is 4. The van der Waals surface area contributed by atoms with Crippen LogP contribution in [0.15, 0.2) is 20.0 Å². The van der Waals surface area contributed by atoms with Gasteiger partial charge in [0.1, 0.15) is 48.7 Å². The molecule has 0 saturated carbocycles. The summed E-state index contributed by atoms with van der Waals surface area (Å²) in [6.45, 7) is 19.7. The zero-order chi connectivity index (χ0) is 38.4. The van der Waals surface area contributed by atoms with Gasteiger partial charge in [0.15, 0.2) is 6.04 Å². The van der Waals surface area contributed by atoms with Crippen LogP contribution < -0.4 is 21.7 Å². The number of hydrogen-bond acceptors (Lipinski definition) is 13. The van der Waals surface area contributed by atoms with Crippen molar-refractivity contribution in [3.05, 3.63) is 0 Å². The van der Waals surface area contributed by atoms with Crippen LogP contribution in [0.25, 0.3) is 0 Å². The maximum atomic E-state index is 13.8. The standard InChI is InChI=1S/C36H58N8O6S2/c1-11-18(7)27(33-38-22(13-45)20(9)49-33)42-31(47)24-15-52-36(40-24)26(17(5)6)41-32(48)29-21(10)50-34(44-29)28(19(8)12-2)43-30(46)23-14-51-35(39-23)25(37)16(3)4/h13,16-29H,11-12,14-15,37H2,1-10H3,(H,41,48)(H,42,47)(H,43,46)/t18?,19?,20-,21-,22?,23?,24?,25+,26-,27+,28+,29+/m1/s1. The molecule has 0 fully saturated rings. The van der Waals surface area contributed by atoms with Crippen LogP contribution in [-0.2, 0) is 28.7 Å². The van der Waals surface area contributed by atoms with Gasteiger partial charge in [-0.25, -0.2) is 9.98 Å². The van der Waals surface area contributed by atoms with Crippen molar-refractivity contribution >= 4 is 69.4 Å². The van der Waals surface area contributed by atoms with Crippen molar-refractivity contribution < 1.29 is 28.7 Å². The lowest BCUT2D eigenvalue weighted by molar-refractivity contribution is -0.124. The van der Waals surface area contributed by atoms with Crippen LogP contribution in [-0.4, -0.2) is 118 Å². The van der Waals surface area contributed by atoms with Gasteiger partial charge in [-0.1, -0.05) is 68.2 Å². The molecule has 4 rings (SSSR count). The number of hydrogen-bond donors (Lipinski definition) is 4. The molecular weight excluding hydrogens is 705 g/mol. The van der Waals surface area contributed by atoms with Crippen molar-refractivity contribution in [2.24, 2.45) is 49.4 Å². The van der Waals surface area contributed by atoms with E-state index in [1.807, 2.05) is 55.4 Å². The van der Waals surface area contributed by atoms with E-state index in [-0.39, 0.29) is 53.5 Å². The summed E-state index contributed by atoms with van der Waals surface area (Å²) in [6.07, 6.45) is 1.33. The molecule has 14 nitrogen and oxygen atoms in total. The minimum absolute atomic E-state index is 0.00932. The lowest BCUT2D eigenvalue weighted by Crippen LogP contribution is -2.49. The minimum Gasteiger partial charge on any atom is -0.474 e. The predicted molar refractivity (Wildman–Crippen MR) is 209 cm³/mol. The zero-order valence-electron chi connectivity index (χ0n) is 32.1. The molecule has 3 amide bonds.